The van der Waals surface area contributed by atoms with Crippen LogP contribution in [0.25, 0.3) is 0 Å². The molecule has 1 aromatic heterocycles. The first-order valence-corrected chi connectivity index (χ1v) is 9.18. The van der Waals surface area contributed by atoms with E-state index in [0.717, 1.165) is 31.7 Å². The highest BCUT2D eigenvalue weighted by atomic mass is 32.1. The van der Waals surface area contributed by atoms with Gasteiger partial charge in [-0.1, -0.05) is 31.2 Å². The quantitative estimate of drug-likeness (QED) is 0.475. The number of amides is 1. The molecule has 1 heterocycles. The van der Waals surface area contributed by atoms with E-state index >= 15 is 0 Å². The Hall–Kier alpha value is -2.15. The van der Waals surface area contributed by atoms with Crippen LogP contribution in [0, 0.1) is 0 Å². The minimum Gasteiger partial charge on any atom is -0.362 e. The Kier molecular flexibility index (Phi) is 11.0. The normalized spacial score (nSPS) is 11.7. The fourth-order valence-corrected chi connectivity index (χ4v) is 2.54. The van der Waals surface area contributed by atoms with Crippen LogP contribution in [0.4, 0.5) is 5.69 Å². The van der Waals surface area contributed by atoms with E-state index in [2.05, 4.69) is 22.5 Å². The molecule has 1 aromatic carbocycles. The molecule has 0 saturated carbocycles. The topological polar surface area (TPSA) is 70.4 Å². The molecule has 1 amide bonds. The van der Waals surface area contributed by atoms with E-state index in [1.165, 1.54) is 4.88 Å². The summed E-state index contributed by atoms with van der Waals surface area (Å²) in [6, 6.07) is 14.0. The number of carbonyl (C=O) groups excluding carboxylic acids is 1. The average Bonchev–Trinajstić information content (AvgIpc) is 3.18. The molecular formula is C19H28N4OS. The van der Waals surface area contributed by atoms with Gasteiger partial charge in [0.25, 0.3) is 0 Å². The number of carbonyl (C=O) groups is 1. The van der Waals surface area contributed by atoms with Crippen molar-refractivity contribution in [3.8, 4) is 0 Å². The van der Waals surface area contributed by atoms with E-state index in [1.54, 1.807) is 11.3 Å². The lowest BCUT2D eigenvalue weighted by Gasteiger charge is -2.11. The Bertz CT molecular complexity index is 587. The van der Waals surface area contributed by atoms with Crippen molar-refractivity contribution in [1.82, 2.24) is 10.2 Å². The highest BCUT2D eigenvalue weighted by Gasteiger charge is 2.00. The minimum absolute atomic E-state index is 0.0313. The van der Waals surface area contributed by atoms with Crippen LogP contribution in [-0.2, 0) is 4.79 Å². The van der Waals surface area contributed by atoms with Crippen LogP contribution in [0.1, 0.15) is 17.8 Å². The Morgan fingerprint density at radius 2 is 2.00 bits per heavy atom. The molecule has 4 N–H and O–H groups in total. The summed E-state index contributed by atoms with van der Waals surface area (Å²) >= 11 is 1.67. The monoisotopic (exact) mass is 360 g/mol. The van der Waals surface area contributed by atoms with Crippen molar-refractivity contribution in [2.24, 2.45) is 5.73 Å². The van der Waals surface area contributed by atoms with Gasteiger partial charge in [-0.15, -0.1) is 11.3 Å². The number of hydrogen-bond acceptors (Lipinski definition) is 5. The van der Waals surface area contributed by atoms with E-state index < -0.39 is 0 Å². The third-order valence-electron chi connectivity index (χ3n) is 3.46. The third kappa shape index (κ3) is 9.66. The molecule has 0 radical (unpaired) electrons. The summed E-state index contributed by atoms with van der Waals surface area (Å²) in [6.07, 6.45) is 4.57. The molecule has 0 aliphatic carbocycles. The molecule has 0 saturated heterocycles. The Labute approximate surface area is 154 Å². The zero-order chi connectivity index (χ0) is 18.3. The molecule has 0 bridgehead atoms. The number of nitrogens with one attached hydrogen (secondary N) is 2. The van der Waals surface area contributed by atoms with Crippen molar-refractivity contribution in [1.29, 1.82) is 0 Å². The number of anilines is 1. The van der Waals surface area contributed by atoms with Gasteiger partial charge in [0.05, 0.1) is 6.04 Å². The maximum Gasteiger partial charge on any atom is 0.207 e. The van der Waals surface area contributed by atoms with Crippen molar-refractivity contribution < 1.29 is 4.79 Å². The molecule has 0 aliphatic heterocycles. The summed E-state index contributed by atoms with van der Waals surface area (Å²) in [5, 5.41) is 7.81. The molecule has 0 spiro atoms. The molecule has 2 aromatic rings. The molecule has 2 rings (SSSR count). The van der Waals surface area contributed by atoms with Crippen LogP contribution in [0.2, 0.25) is 0 Å². The fourth-order valence-electron chi connectivity index (χ4n) is 1.83. The molecule has 0 aliphatic rings. The van der Waals surface area contributed by atoms with Crippen LogP contribution in [0.5, 0.6) is 0 Å². The van der Waals surface area contributed by atoms with Crippen LogP contribution in [0.15, 0.2) is 60.1 Å². The van der Waals surface area contributed by atoms with Gasteiger partial charge in [0, 0.05) is 23.7 Å². The summed E-state index contributed by atoms with van der Waals surface area (Å²) in [7, 11) is 2.02. The molecular weight excluding hydrogens is 332 g/mol. The van der Waals surface area contributed by atoms with E-state index in [0.29, 0.717) is 0 Å². The number of hydrogen-bond donors (Lipinski definition) is 3. The van der Waals surface area contributed by atoms with Crippen LogP contribution in [-0.4, -0.2) is 38.0 Å². The number of thiophene rings is 1. The zero-order valence-electron chi connectivity index (χ0n) is 14.9. The summed E-state index contributed by atoms with van der Waals surface area (Å²) < 4.78 is 0. The van der Waals surface area contributed by atoms with Gasteiger partial charge >= 0.3 is 0 Å². The summed E-state index contributed by atoms with van der Waals surface area (Å²) in [5.74, 6) is 0. The zero-order valence-corrected chi connectivity index (χ0v) is 15.7. The smallest absolute Gasteiger partial charge is 0.207 e. The van der Waals surface area contributed by atoms with E-state index in [-0.39, 0.29) is 6.04 Å². The molecule has 5 nitrogen and oxygen atoms in total. The van der Waals surface area contributed by atoms with Gasteiger partial charge in [0.1, 0.15) is 0 Å². The van der Waals surface area contributed by atoms with Gasteiger partial charge < -0.3 is 21.3 Å². The van der Waals surface area contributed by atoms with Gasteiger partial charge in [-0.05, 0) is 49.4 Å². The number of likely N-dealkylation sites (N-methyl/N-ethyl adjacent to an activating group) is 1. The largest absolute Gasteiger partial charge is 0.362 e. The number of benzene rings is 1. The number of nitrogens with zero attached hydrogens (tertiary/aromatic N) is 1. The second-order valence-electron chi connectivity index (χ2n) is 5.38. The van der Waals surface area contributed by atoms with Crippen molar-refractivity contribution in [2.45, 2.75) is 13.0 Å². The number of para-hydroxylation sites is 1. The second kappa shape index (κ2) is 13.2. The Morgan fingerprint density at radius 1 is 1.24 bits per heavy atom. The lowest BCUT2D eigenvalue weighted by atomic mass is 10.2. The van der Waals surface area contributed by atoms with Crippen molar-refractivity contribution in [3.05, 3.63) is 65.0 Å². The van der Waals surface area contributed by atoms with Crippen LogP contribution < -0.4 is 16.4 Å². The standard InChI is InChI=1S/C13H14N2S.C6H14N2O/c14-12(13-7-4-10-16-13)8-9-15-11-5-2-1-3-6-11;1-3-8(2)5-4-7-6-9/h1-10,12,15H,14H2;6H,3-5H2,1-2H3,(H,7,9)/b9-8-;. The van der Waals surface area contributed by atoms with E-state index in [1.807, 2.05) is 67.2 Å². The minimum atomic E-state index is -0.0313. The first kappa shape index (κ1) is 20.9. The highest BCUT2D eigenvalue weighted by molar-refractivity contribution is 7.10. The molecule has 25 heavy (non-hydrogen) atoms. The lowest BCUT2D eigenvalue weighted by Crippen LogP contribution is -2.28. The van der Waals surface area contributed by atoms with Gasteiger partial charge in [0.2, 0.25) is 6.41 Å². The second-order valence-corrected chi connectivity index (χ2v) is 6.36. The summed E-state index contributed by atoms with van der Waals surface area (Å²) in [5.41, 5.74) is 7.05. The Morgan fingerprint density at radius 3 is 2.60 bits per heavy atom. The van der Waals surface area contributed by atoms with Crippen molar-refractivity contribution in [3.63, 3.8) is 0 Å². The Balaban J connectivity index is 0.000000299. The third-order valence-corrected chi connectivity index (χ3v) is 4.43. The van der Waals surface area contributed by atoms with E-state index in [9.17, 15) is 4.79 Å². The van der Waals surface area contributed by atoms with Gasteiger partial charge in [-0.2, -0.15) is 0 Å². The average molecular weight is 361 g/mol. The van der Waals surface area contributed by atoms with Gasteiger partial charge in [-0.3, -0.25) is 4.79 Å². The van der Waals surface area contributed by atoms with Crippen molar-refractivity contribution in [2.75, 3.05) is 32.0 Å². The number of rotatable bonds is 9. The SMILES string of the molecule is CCN(C)CCNC=O.NC(/C=C\Nc1ccccc1)c1cccs1. The lowest BCUT2D eigenvalue weighted by molar-refractivity contribution is -0.109. The van der Waals surface area contributed by atoms with Crippen molar-refractivity contribution >= 4 is 23.4 Å². The van der Waals surface area contributed by atoms with Gasteiger partial charge in [0.15, 0.2) is 0 Å². The maximum atomic E-state index is 9.75. The predicted molar refractivity (Wildman–Crippen MR) is 108 cm³/mol. The van der Waals surface area contributed by atoms with Crippen LogP contribution in [0.3, 0.4) is 0 Å². The maximum absolute atomic E-state index is 9.75. The van der Waals surface area contributed by atoms with Gasteiger partial charge in [-0.25, -0.2) is 0 Å². The molecule has 0 fully saturated rings. The first-order valence-electron chi connectivity index (χ1n) is 8.30. The predicted octanol–water partition coefficient (Wildman–Crippen LogP) is 3.06. The molecule has 136 valence electrons. The number of nitrogens with two attached hydrogens (primary N) is 1. The fraction of sp³-hybridized carbons (Fsp3) is 0.316. The highest BCUT2D eigenvalue weighted by Crippen LogP contribution is 2.17. The molecule has 1 unspecified atom stereocenters. The van der Waals surface area contributed by atoms with E-state index in [4.69, 9.17) is 5.73 Å². The first-order chi connectivity index (χ1) is 12.2. The summed E-state index contributed by atoms with van der Waals surface area (Å²) in [4.78, 5) is 13.1. The molecule has 1 atom stereocenters. The van der Waals surface area contributed by atoms with Crippen LogP contribution >= 0.6 is 11.3 Å². The molecule has 6 heteroatoms. The summed E-state index contributed by atoms with van der Waals surface area (Å²) in [6.45, 7) is 4.78.